The molecular weight excluding hydrogens is 440 g/mol. The van der Waals surface area contributed by atoms with Crippen LogP contribution in [0.25, 0.3) is 44.5 Å². The van der Waals surface area contributed by atoms with E-state index in [0.717, 1.165) is 46.0 Å². The molecule has 0 spiro atoms. The molecule has 36 heavy (non-hydrogen) atoms. The van der Waals surface area contributed by atoms with Gasteiger partial charge in [0.2, 0.25) is 5.71 Å². The molecule has 182 valence electrons. The van der Waals surface area contributed by atoms with Crippen LogP contribution in [0.2, 0.25) is 0 Å². The van der Waals surface area contributed by atoms with E-state index in [0.29, 0.717) is 17.5 Å². The zero-order valence-electron chi connectivity index (χ0n) is 22.1. The van der Waals surface area contributed by atoms with E-state index in [1.54, 1.807) is 0 Å². The van der Waals surface area contributed by atoms with Crippen LogP contribution in [0, 0.1) is 25.7 Å². The molecule has 0 aliphatic heterocycles. The normalized spacial score (nSPS) is 14.2. The molecule has 0 saturated carbocycles. The maximum Gasteiger partial charge on any atom is 0.227 e. The zero-order valence-corrected chi connectivity index (χ0v) is 22.1. The Morgan fingerprint density at radius 3 is 2.31 bits per heavy atom. The summed E-state index contributed by atoms with van der Waals surface area (Å²) in [5.74, 6) is 1.14. The van der Waals surface area contributed by atoms with Crippen LogP contribution in [-0.2, 0) is 5.41 Å². The quantitative estimate of drug-likeness (QED) is 0.255. The zero-order chi connectivity index (χ0) is 25.2. The third-order valence-corrected chi connectivity index (χ3v) is 7.79. The topological polar surface area (TPSA) is 38.9 Å². The molecule has 3 heterocycles. The monoisotopic (exact) mass is 474 g/mol. The number of furan rings is 1. The minimum Gasteiger partial charge on any atom is -0.437 e. The van der Waals surface area contributed by atoms with Crippen molar-refractivity contribution in [3.8, 4) is 22.4 Å². The summed E-state index contributed by atoms with van der Waals surface area (Å²) in [4.78, 5) is 9.69. The van der Waals surface area contributed by atoms with Crippen molar-refractivity contribution in [1.82, 2.24) is 9.97 Å². The van der Waals surface area contributed by atoms with Crippen molar-refractivity contribution < 1.29 is 4.42 Å². The van der Waals surface area contributed by atoms with Gasteiger partial charge in [0.05, 0.1) is 11.1 Å². The van der Waals surface area contributed by atoms with Crippen LogP contribution in [0.15, 0.2) is 65.3 Å². The highest BCUT2D eigenvalue weighted by Crippen LogP contribution is 2.57. The fraction of sp³-hybridized carbons (Fsp3) is 0.333. The first-order valence-electron chi connectivity index (χ1n) is 13.2. The van der Waals surface area contributed by atoms with Gasteiger partial charge in [-0.1, -0.05) is 64.1 Å². The van der Waals surface area contributed by atoms with Gasteiger partial charge < -0.3 is 4.42 Å². The van der Waals surface area contributed by atoms with E-state index in [4.69, 9.17) is 14.4 Å². The number of nitrogens with zero attached hydrogens (tertiary/aromatic N) is 2. The molecule has 0 N–H and O–H groups in total. The van der Waals surface area contributed by atoms with Gasteiger partial charge in [-0.2, -0.15) is 0 Å². The Kier molecular flexibility index (Phi) is 5.29. The molecule has 3 nitrogen and oxygen atoms in total. The summed E-state index contributed by atoms with van der Waals surface area (Å²) >= 11 is 0. The Hall–Kier alpha value is -3.46. The summed E-state index contributed by atoms with van der Waals surface area (Å²) in [7, 11) is 0. The molecule has 3 aromatic heterocycles. The highest BCUT2D eigenvalue weighted by Gasteiger charge is 2.45. The minimum absolute atomic E-state index is 0.0370. The molecule has 2 aromatic carbocycles. The molecule has 3 heteroatoms. The molecule has 0 unspecified atom stereocenters. The third kappa shape index (κ3) is 3.32. The van der Waals surface area contributed by atoms with Crippen molar-refractivity contribution in [3.63, 3.8) is 0 Å². The van der Waals surface area contributed by atoms with Crippen molar-refractivity contribution in [3.05, 3.63) is 83.2 Å². The third-order valence-electron chi connectivity index (χ3n) is 7.79. The number of rotatable bonds is 5. The molecule has 0 amide bonds. The van der Waals surface area contributed by atoms with Crippen LogP contribution in [0.4, 0.5) is 0 Å². The van der Waals surface area contributed by atoms with Crippen LogP contribution in [-0.4, -0.2) is 9.97 Å². The molecule has 0 atom stereocenters. The molecule has 5 aromatic rings. The fourth-order valence-corrected chi connectivity index (χ4v) is 6.72. The van der Waals surface area contributed by atoms with Gasteiger partial charge in [-0.3, -0.25) is 4.98 Å². The van der Waals surface area contributed by atoms with Crippen LogP contribution in [0.1, 0.15) is 62.8 Å². The summed E-state index contributed by atoms with van der Waals surface area (Å²) < 4.78 is 6.58. The van der Waals surface area contributed by atoms with E-state index < -0.39 is 0 Å². The van der Waals surface area contributed by atoms with Gasteiger partial charge >= 0.3 is 0 Å². The first-order valence-corrected chi connectivity index (χ1v) is 13.2. The number of aryl methyl sites for hydroxylation is 2. The Labute approximate surface area is 213 Å². The second-order valence-corrected chi connectivity index (χ2v) is 11.5. The molecule has 0 fully saturated rings. The lowest BCUT2D eigenvalue weighted by molar-refractivity contribution is 0.337. The van der Waals surface area contributed by atoms with Crippen LogP contribution in [0.3, 0.4) is 0 Å². The van der Waals surface area contributed by atoms with E-state index >= 15 is 0 Å². The lowest BCUT2D eigenvalue weighted by atomic mass is 9.68. The van der Waals surface area contributed by atoms with E-state index in [1.165, 1.54) is 27.8 Å². The first kappa shape index (κ1) is 23.0. The molecule has 1 aliphatic carbocycles. The number of hydrogen-bond donors (Lipinski definition) is 0. The highest BCUT2D eigenvalue weighted by atomic mass is 16.3. The van der Waals surface area contributed by atoms with Gasteiger partial charge in [-0.15, -0.1) is 0 Å². The predicted molar refractivity (Wildman–Crippen MR) is 149 cm³/mol. The molecular formula is C33H34N2O. The fourth-order valence-electron chi connectivity index (χ4n) is 6.72. The summed E-state index contributed by atoms with van der Waals surface area (Å²) in [5.41, 5.74) is 11.4. The number of fused-ring (bicyclic) bond motifs is 7. The van der Waals surface area contributed by atoms with Gasteiger partial charge in [0.1, 0.15) is 5.58 Å². The summed E-state index contributed by atoms with van der Waals surface area (Å²) in [6.45, 7) is 13.6. The number of hydrogen-bond acceptors (Lipinski definition) is 3. The van der Waals surface area contributed by atoms with Crippen molar-refractivity contribution in [1.29, 1.82) is 0 Å². The Bertz CT molecular complexity index is 1610. The lowest BCUT2D eigenvalue weighted by Crippen LogP contribution is -2.29. The van der Waals surface area contributed by atoms with E-state index in [2.05, 4.69) is 90.2 Å². The van der Waals surface area contributed by atoms with Gasteiger partial charge in [-0.25, -0.2) is 4.98 Å². The summed E-state index contributed by atoms with van der Waals surface area (Å²) in [5, 5.41) is 2.26. The van der Waals surface area contributed by atoms with Crippen molar-refractivity contribution >= 4 is 22.1 Å². The van der Waals surface area contributed by atoms with Gasteiger partial charge in [0, 0.05) is 34.3 Å². The average molecular weight is 475 g/mol. The highest BCUT2D eigenvalue weighted by molar-refractivity contribution is 6.16. The molecule has 6 rings (SSSR count). The molecule has 0 radical (unpaired) electrons. The molecule has 0 bridgehead atoms. The summed E-state index contributed by atoms with van der Waals surface area (Å²) in [6, 6.07) is 17.6. The standard InChI is InChI=1S/C33H34N2O/c1-19(2)16-33(17-20(3)4)25-10-8-7-9-23(25)29-26(33)18-35-32-30(29)24-12-11-22(6)28(31(24)36-32)27-15-21(5)13-14-34-27/h7-15,18-20H,16-17H2,1-6H3. The molecule has 0 saturated heterocycles. The second kappa shape index (κ2) is 8.30. The van der Waals surface area contributed by atoms with E-state index in [9.17, 15) is 0 Å². The number of aromatic nitrogens is 2. The molecule has 1 aliphatic rings. The first-order chi connectivity index (χ1) is 17.3. The maximum absolute atomic E-state index is 6.58. The van der Waals surface area contributed by atoms with E-state index in [-0.39, 0.29) is 5.41 Å². The Morgan fingerprint density at radius 1 is 0.833 bits per heavy atom. The number of benzene rings is 2. The van der Waals surface area contributed by atoms with Crippen molar-refractivity contribution in [2.45, 2.75) is 59.8 Å². The SMILES string of the molecule is Cc1ccnc(-c2c(C)ccc3c2oc2ncc4c(c23)-c2ccccc2C4(CC(C)C)CC(C)C)c1. The van der Waals surface area contributed by atoms with Crippen LogP contribution >= 0.6 is 0 Å². The van der Waals surface area contributed by atoms with Crippen molar-refractivity contribution in [2.24, 2.45) is 11.8 Å². The van der Waals surface area contributed by atoms with Gasteiger partial charge in [0.25, 0.3) is 0 Å². The Balaban J connectivity index is 1.72. The van der Waals surface area contributed by atoms with Gasteiger partial charge in [0.15, 0.2) is 0 Å². The lowest BCUT2D eigenvalue weighted by Gasteiger charge is -2.35. The van der Waals surface area contributed by atoms with Crippen LogP contribution in [0.5, 0.6) is 0 Å². The average Bonchev–Trinajstić information content (AvgIpc) is 3.32. The smallest absolute Gasteiger partial charge is 0.227 e. The second-order valence-electron chi connectivity index (χ2n) is 11.5. The summed E-state index contributed by atoms with van der Waals surface area (Å²) in [6.07, 6.45) is 6.21. The van der Waals surface area contributed by atoms with E-state index in [1.807, 2.05) is 12.3 Å². The minimum atomic E-state index is -0.0370. The predicted octanol–water partition coefficient (Wildman–Crippen LogP) is 9.02. The number of pyridine rings is 2. The Morgan fingerprint density at radius 2 is 1.58 bits per heavy atom. The largest absolute Gasteiger partial charge is 0.437 e. The van der Waals surface area contributed by atoms with Crippen LogP contribution < -0.4 is 0 Å². The maximum atomic E-state index is 6.58. The van der Waals surface area contributed by atoms with Gasteiger partial charge in [-0.05, 0) is 78.5 Å². The van der Waals surface area contributed by atoms with Crippen molar-refractivity contribution in [2.75, 3.05) is 0 Å².